The number of rotatable bonds is 4. The van der Waals surface area contributed by atoms with Gasteiger partial charge in [-0.05, 0) is 24.6 Å². The van der Waals surface area contributed by atoms with E-state index in [-0.39, 0.29) is 5.75 Å². The number of nitrogens with two attached hydrogens (primary N) is 1. The van der Waals surface area contributed by atoms with Gasteiger partial charge in [0.1, 0.15) is 6.61 Å². The first-order valence-electron chi connectivity index (χ1n) is 5.14. The van der Waals surface area contributed by atoms with Gasteiger partial charge in [0.25, 0.3) is 0 Å². The maximum Gasteiger partial charge on any atom is 0.417 e. The molecule has 0 bridgehead atoms. The fraction of sp³-hybridized carbons (Fsp3) is 0.455. The highest BCUT2D eigenvalue weighted by atomic mass is 19.4. The summed E-state index contributed by atoms with van der Waals surface area (Å²) < 4.78 is 53.9. The second kappa shape index (κ2) is 5.53. The molecule has 0 spiro atoms. The van der Waals surface area contributed by atoms with E-state index < -0.39 is 30.7 Å². The molecule has 18 heavy (non-hydrogen) atoms. The number of hydrogen-bond donors (Lipinski definition) is 2. The van der Waals surface area contributed by atoms with Crippen LogP contribution in [0.5, 0.6) is 5.75 Å². The molecule has 0 radical (unpaired) electrons. The maximum absolute atomic E-state index is 13.4. The van der Waals surface area contributed by atoms with E-state index in [1.165, 1.54) is 12.1 Å². The van der Waals surface area contributed by atoms with Crippen molar-refractivity contribution in [2.45, 2.75) is 25.2 Å². The second-order valence-electron chi connectivity index (χ2n) is 3.85. The van der Waals surface area contributed by atoms with Crippen LogP contribution in [0.1, 0.15) is 18.5 Å². The van der Waals surface area contributed by atoms with Crippen molar-refractivity contribution in [1.29, 1.82) is 0 Å². The quantitative estimate of drug-likeness (QED) is 0.822. The van der Waals surface area contributed by atoms with Crippen LogP contribution in [0.25, 0.3) is 0 Å². The SMILES string of the molecule is CC(N)c1ccc(OCC(O)C(F)(F)F)c(F)c1. The number of ether oxygens (including phenoxy) is 1. The summed E-state index contributed by atoms with van der Waals surface area (Å²) in [7, 11) is 0. The third-order valence-corrected chi connectivity index (χ3v) is 2.26. The third-order valence-electron chi connectivity index (χ3n) is 2.26. The first-order valence-corrected chi connectivity index (χ1v) is 5.14. The summed E-state index contributed by atoms with van der Waals surface area (Å²) in [6, 6.07) is 3.31. The fourth-order valence-corrected chi connectivity index (χ4v) is 1.18. The van der Waals surface area contributed by atoms with E-state index in [0.717, 1.165) is 6.07 Å². The Labute approximate surface area is 101 Å². The van der Waals surface area contributed by atoms with Crippen LogP contribution in [0.15, 0.2) is 18.2 Å². The van der Waals surface area contributed by atoms with Crippen LogP contribution in [0.2, 0.25) is 0 Å². The number of halogens is 4. The molecule has 3 N–H and O–H groups in total. The van der Waals surface area contributed by atoms with Gasteiger partial charge in [-0.2, -0.15) is 13.2 Å². The van der Waals surface area contributed by atoms with Gasteiger partial charge in [-0.3, -0.25) is 0 Å². The third kappa shape index (κ3) is 3.85. The van der Waals surface area contributed by atoms with Crippen LogP contribution < -0.4 is 10.5 Å². The van der Waals surface area contributed by atoms with Crippen LogP contribution >= 0.6 is 0 Å². The molecule has 0 amide bonds. The van der Waals surface area contributed by atoms with Crippen molar-refractivity contribution in [2.24, 2.45) is 5.73 Å². The lowest BCUT2D eigenvalue weighted by atomic mass is 10.1. The Hall–Kier alpha value is -1.34. The summed E-state index contributed by atoms with van der Waals surface area (Å²) >= 11 is 0. The molecule has 0 saturated carbocycles. The molecule has 102 valence electrons. The molecule has 3 nitrogen and oxygen atoms in total. The lowest BCUT2D eigenvalue weighted by Crippen LogP contribution is -2.34. The lowest BCUT2D eigenvalue weighted by Gasteiger charge is -2.16. The van der Waals surface area contributed by atoms with Crippen molar-refractivity contribution < 1.29 is 27.4 Å². The number of hydrogen-bond acceptors (Lipinski definition) is 3. The van der Waals surface area contributed by atoms with Crippen LogP contribution in [0.3, 0.4) is 0 Å². The van der Waals surface area contributed by atoms with Gasteiger partial charge in [0.15, 0.2) is 17.7 Å². The first kappa shape index (κ1) is 14.7. The van der Waals surface area contributed by atoms with Gasteiger partial charge in [0.05, 0.1) is 0 Å². The normalized spacial score (nSPS) is 15.3. The molecular weight excluding hydrogens is 254 g/mol. The van der Waals surface area contributed by atoms with E-state index in [4.69, 9.17) is 10.8 Å². The van der Waals surface area contributed by atoms with Crippen LogP contribution in [0.4, 0.5) is 17.6 Å². The summed E-state index contributed by atoms with van der Waals surface area (Å²) in [5, 5.41) is 8.69. The molecule has 0 aliphatic rings. The number of alkyl halides is 3. The predicted molar refractivity (Wildman–Crippen MR) is 56.6 cm³/mol. The molecular formula is C11H13F4NO2. The van der Waals surface area contributed by atoms with Crippen molar-refractivity contribution in [2.75, 3.05) is 6.61 Å². The summed E-state index contributed by atoms with van der Waals surface area (Å²) in [5.74, 6) is -1.18. The molecule has 7 heteroatoms. The van der Waals surface area contributed by atoms with Gasteiger partial charge in [-0.15, -0.1) is 0 Å². The molecule has 2 unspecified atom stereocenters. The Morgan fingerprint density at radius 2 is 2.00 bits per heavy atom. The number of aliphatic hydroxyl groups is 1. The Morgan fingerprint density at radius 3 is 2.44 bits per heavy atom. The smallest absolute Gasteiger partial charge is 0.417 e. The average molecular weight is 267 g/mol. The minimum atomic E-state index is -4.79. The van der Waals surface area contributed by atoms with Gasteiger partial charge in [0.2, 0.25) is 0 Å². The topological polar surface area (TPSA) is 55.5 Å². The van der Waals surface area contributed by atoms with E-state index in [1.807, 2.05) is 0 Å². The first-order chi connectivity index (χ1) is 8.21. The van der Waals surface area contributed by atoms with Crippen molar-refractivity contribution in [3.8, 4) is 5.75 Å². The summed E-state index contributed by atoms with van der Waals surface area (Å²) in [6.07, 6.45) is -7.44. The molecule has 0 aliphatic heterocycles. The van der Waals surface area contributed by atoms with Crippen LogP contribution in [0, 0.1) is 5.82 Å². The molecule has 1 aromatic rings. The van der Waals surface area contributed by atoms with Gasteiger partial charge in [-0.25, -0.2) is 4.39 Å². The number of aliphatic hydroxyl groups excluding tert-OH is 1. The lowest BCUT2D eigenvalue weighted by molar-refractivity contribution is -0.210. The van der Waals surface area contributed by atoms with E-state index >= 15 is 0 Å². The van der Waals surface area contributed by atoms with E-state index in [1.54, 1.807) is 6.92 Å². The molecule has 0 aromatic heterocycles. The van der Waals surface area contributed by atoms with Gasteiger partial charge in [-0.1, -0.05) is 6.07 Å². The van der Waals surface area contributed by atoms with Crippen LogP contribution in [-0.2, 0) is 0 Å². The van der Waals surface area contributed by atoms with Crippen molar-refractivity contribution >= 4 is 0 Å². The van der Waals surface area contributed by atoms with E-state index in [0.29, 0.717) is 5.56 Å². The molecule has 0 fully saturated rings. The largest absolute Gasteiger partial charge is 0.487 e. The summed E-state index contributed by atoms with van der Waals surface area (Å²) in [5.41, 5.74) is 6.01. The van der Waals surface area contributed by atoms with E-state index in [2.05, 4.69) is 4.74 Å². The molecule has 0 aliphatic carbocycles. The number of benzene rings is 1. The second-order valence-corrected chi connectivity index (χ2v) is 3.85. The van der Waals surface area contributed by atoms with Crippen molar-refractivity contribution in [1.82, 2.24) is 0 Å². The van der Waals surface area contributed by atoms with E-state index in [9.17, 15) is 17.6 Å². The zero-order valence-corrected chi connectivity index (χ0v) is 9.54. The molecule has 2 atom stereocenters. The van der Waals surface area contributed by atoms with Crippen LogP contribution in [-0.4, -0.2) is 24.0 Å². The fourth-order valence-electron chi connectivity index (χ4n) is 1.18. The minimum Gasteiger partial charge on any atom is -0.487 e. The maximum atomic E-state index is 13.4. The van der Waals surface area contributed by atoms with Gasteiger partial charge < -0.3 is 15.6 Å². The van der Waals surface area contributed by atoms with Gasteiger partial charge >= 0.3 is 6.18 Å². The Kier molecular flexibility index (Phi) is 4.53. The Bertz CT molecular complexity index is 407. The molecule has 0 saturated heterocycles. The average Bonchev–Trinajstić information content (AvgIpc) is 2.25. The van der Waals surface area contributed by atoms with Gasteiger partial charge in [0, 0.05) is 6.04 Å². The summed E-state index contributed by atoms with van der Waals surface area (Å²) in [4.78, 5) is 0. The highest BCUT2D eigenvalue weighted by molar-refractivity contribution is 5.30. The zero-order chi connectivity index (χ0) is 13.9. The Balaban J connectivity index is 2.69. The summed E-state index contributed by atoms with van der Waals surface area (Å²) in [6.45, 7) is 0.584. The van der Waals surface area contributed by atoms with Crippen molar-refractivity contribution in [3.63, 3.8) is 0 Å². The monoisotopic (exact) mass is 267 g/mol. The van der Waals surface area contributed by atoms with Crippen molar-refractivity contribution in [3.05, 3.63) is 29.6 Å². The minimum absolute atomic E-state index is 0.359. The molecule has 0 heterocycles. The predicted octanol–water partition coefficient (Wildman–Crippen LogP) is 2.15. The molecule has 1 aromatic carbocycles. The highest BCUT2D eigenvalue weighted by Crippen LogP contribution is 2.24. The highest BCUT2D eigenvalue weighted by Gasteiger charge is 2.38. The standard InChI is InChI=1S/C11H13F4NO2/c1-6(16)7-2-3-9(8(12)4-7)18-5-10(17)11(13,14)15/h2-4,6,10,17H,5,16H2,1H3. The zero-order valence-electron chi connectivity index (χ0n) is 9.54. The Morgan fingerprint density at radius 1 is 1.39 bits per heavy atom. The molecule has 1 rings (SSSR count).